The van der Waals surface area contributed by atoms with Crippen molar-refractivity contribution in [3.05, 3.63) is 65.5 Å². The molecule has 1 amide bonds. The zero-order valence-electron chi connectivity index (χ0n) is 20.2. The van der Waals surface area contributed by atoms with Gasteiger partial charge in [0.25, 0.3) is 0 Å². The zero-order chi connectivity index (χ0) is 24.5. The number of carbonyl (C=O) groups excluding carboxylic acids is 1. The Bertz CT molecular complexity index is 1190. The van der Waals surface area contributed by atoms with Crippen molar-refractivity contribution in [2.24, 2.45) is 5.10 Å². The van der Waals surface area contributed by atoms with E-state index in [2.05, 4.69) is 69.4 Å². The van der Waals surface area contributed by atoms with Crippen molar-refractivity contribution in [2.75, 3.05) is 25.3 Å². The largest absolute Gasteiger partial charge is 0.497 e. The summed E-state index contributed by atoms with van der Waals surface area (Å²) in [5.41, 5.74) is 11.4. The van der Waals surface area contributed by atoms with Crippen LogP contribution in [0.5, 0.6) is 11.5 Å². The molecule has 184 valence electrons. The second-order valence-corrected chi connectivity index (χ2v) is 9.77. The molecule has 9 nitrogen and oxygen atoms in total. The lowest BCUT2D eigenvalue weighted by atomic mass is 9.95. The van der Waals surface area contributed by atoms with Crippen molar-refractivity contribution in [1.82, 2.24) is 20.8 Å². The molecule has 2 aromatic rings. The summed E-state index contributed by atoms with van der Waals surface area (Å²) < 4.78 is 10.6. The number of rotatable bonds is 6. The number of methoxy groups -OCH3 is 2. The second-order valence-electron chi connectivity index (χ2n) is 8.83. The number of nitrogens with zero attached hydrogens (tertiary/aromatic N) is 3. The van der Waals surface area contributed by atoms with Gasteiger partial charge >= 0.3 is 0 Å². The minimum absolute atomic E-state index is 0.00913. The van der Waals surface area contributed by atoms with Gasteiger partial charge in [-0.15, -0.1) is 0 Å². The number of hydrogen-bond donors (Lipinski definition) is 3. The minimum atomic E-state index is -0.134. The smallest absolute Gasteiger partial charge is 0.234 e. The number of amidine groups is 1. The molecule has 2 aromatic carbocycles. The number of nitrogens with one attached hydrogen (secondary N) is 3. The van der Waals surface area contributed by atoms with Gasteiger partial charge in [0.15, 0.2) is 5.17 Å². The summed E-state index contributed by atoms with van der Waals surface area (Å²) >= 11 is 1.40. The predicted octanol–water partition coefficient (Wildman–Crippen LogP) is 3.30. The molecule has 3 aliphatic rings. The molecule has 0 bridgehead atoms. The number of thioether (sulfide) groups is 1. The normalized spacial score (nSPS) is 22.3. The Morgan fingerprint density at radius 1 is 1.17 bits per heavy atom. The van der Waals surface area contributed by atoms with E-state index in [1.54, 1.807) is 32.4 Å². The van der Waals surface area contributed by atoms with Crippen molar-refractivity contribution in [3.63, 3.8) is 0 Å². The quantitative estimate of drug-likeness (QED) is 0.564. The first kappa shape index (κ1) is 23.4. The number of benzene rings is 2. The van der Waals surface area contributed by atoms with Crippen LogP contribution in [0.4, 0.5) is 5.69 Å². The van der Waals surface area contributed by atoms with Crippen LogP contribution in [-0.4, -0.2) is 53.2 Å². The average molecular weight is 495 g/mol. The Morgan fingerprint density at radius 3 is 2.83 bits per heavy atom. The summed E-state index contributed by atoms with van der Waals surface area (Å²) in [6.45, 7) is 4.29. The van der Waals surface area contributed by atoms with E-state index in [4.69, 9.17) is 9.47 Å². The number of ether oxygens (including phenoxy) is 2. The first-order valence-electron chi connectivity index (χ1n) is 11.5. The minimum Gasteiger partial charge on any atom is -0.497 e. The van der Waals surface area contributed by atoms with E-state index in [9.17, 15) is 4.79 Å². The Morgan fingerprint density at radius 2 is 2.03 bits per heavy atom. The van der Waals surface area contributed by atoms with Crippen LogP contribution in [0, 0.1) is 13.8 Å². The van der Waals surface area contributed by atoms with Crippen LogP contribution in [0.2, 0.25) is 0 Å². The van der Waals surface area contributed by atoms with E-state index in [-0.39, 0.29) is 29.9 Å². The number of amides is 1. The molecule has 10 heteroatoms. The van der Waals surface area contributed by atoms with Crippen LogP contribution in [0.1, 0.15) is 29.2 Å². The summed E-state index contributed by atoms with van der Waals surface area (Å²) in [6, 6.07) is 12.4. The fourth-order valence-corrected chi connectivity index (χ4v) is 5.48. The summed E-state index contributed by atoms with van der Waals surface area (Å²) in [5.74, 6) is 1.31. The molecule has 5 rings (SSSR count). The van der Waals surface area contributed by atoms with Gasteiger partial charge in [-0.1, -0.05) is 35.5 Å². The number of anilines is 1. The number of hydrazine groups is 1. The highest BCUT2D eigenvalue weighted by atomic mass is 32.2. The van der Waals surface area contributed by atoms with Crippen molar-refractivity contribution in [1.29, 1.82) is 0 Å². The fourth-order valence-electron chi connectivity index (χ4n) is 4.71. The molecule has 3 unspecified atom stereocenters. The summed E-state index contributed by atoms with van der Waals surface area (Å²) in [5, 5.41) is 10.4. The van der Waals surface area contributed by atoms with Crippen LogP contribution in [0.25, 0.3) is 0 Å². The zero-order valence-corrected chi connectivity index (χ0v) is 21.1. The van der Waals surface area contributed by atoms with Gasteiger partial charge in [-0.05, 0) is 43.5 Å². The lowest BCUT2D eigenvalue weighted by Crippen LogP contribution is -2.54. The van der Waals surface area contributed by atoms with Crippen molar-refractivity contribution in [2.45, 2.75) is 38.5 Å². The van der Waals surface area contributed by atoms with E-state index in [0.717, 1.165) is 11.6 Å². The molecule has 0 aliphatic carbocycles. The standard InChI is InChI=1S/C25H30N6O3S/c1-15-5-6-16(2)18(11-15)20-13-21-24-27-28-25(30(24)9-10-31(21)29-20)35-14-23(32)26-19-8-7-17(33-3)12-22(19)34-4/h5-12,20-21,24,27,29H,13-14H2,1-4H3,(H,26,32). The van der Waals surface area contributed by atoms with Gasteiger partial charge in [0, 0.05) is 18.5 Å². The van der Waals surface area contributed by atoms with E-state index in [1.165, 1.54) is 28.5 Å². The Hall–Kier alpha value is -3.37. The third kappa shape index (κ3) is 4.63. The van der Waals surface area contributed by atoms with Crippen molar-refractivity contribution >= 4 is 28.5 Å². The number of fused-ring (bicyclic) bond motifs is 3. The van der Waals surface area contributed by atoms with Crippen LogP contribution in [0.15, 0.2) is 53.9 Å². The topological polar surface area (TPSA) is 90.5 Å². The average Bonchev–Trinajstić information content (AvgIpc) is 3.48. The Labute approximate surface area is 209 Å². The van der Waals surface area contributed by atoms with E-state index >= 15 is 0 Å². The first-order valence-corrected chi connectivity index (χ1v) is 12.5. The second kappa shape index (κ2) is 9.71. The molecule has 0 radical (unpaired) electrons. The van der Waals surface area contributed by atoms with Gasteiger partial charge in [-0.2, -0.15) is 5.10 Å². The molecule has 0 spiro atoms. The summed E-state index contributed by atoms with van der Waals surface area (Å²) in [6.07, 6.45) is 5.02. The molecular formula is C25H30N6O3S. The molecule has 3 N–H and O–H groups in total. The SMILES string of the molecule is COc1ccc(NC(=O)CSC2=NNC3C4CC(c5cc(C)ccc5C)NN4C=CN23)c(OC)c1. The Balaban J connectivity index is 1.19. The first-order chi connectivity index (χ1) is 17.0. The van der Waals surface area contributed by atoms with Crippen LogP contribution >= 0.6 is 11.8 Å². The molecular weight excluding hydrogens is 464 g/mol. The van der Waals surface area contributed by atoms with Gasteiger partial charge in [0.2, 0.25) is 5.91 Å². The molecule has 3 atom stereocenters. The molecule has 3 heterocycles. The lowest BCUT2D eigenvalue weighted by molar-refractivity contribution is -0.113. The van der Waals surface area contributed by atoms with E-state index in [1.807, 2.05) is 6.20 Å². The van der Waals surface area contributed by atoms with Gasteiger partial charge in [-0.25, -0.2) is 5.43 Å². The third-order valence-corrected chi connectivity index (χ3v) is 7.50. The molecule has 3 aliphatic heterocycles. The highest BCUT2D eigenvalue weighted by molar-refractivity contribution is 8.14. The maximum atomic E-state index is 12.6. The number of aryl methyl sites for hydroxylation is 2. The van der Waals surface area contributed by atoms with E-state index < -0.39 is 0 Å². The maximum absolute atomic E-state index is 12.6. The maximum Gasteiger partial charge on any atom is 0.234 e. The molecule has 0 aromatic heterocycles. The number of hydrogen-bond acceptors (Lipinski definition) is 9. The molecule has 35 heavy (non-hydrogen) atoms. The highest BCUT2D eigenvalue weighted by Gasteiger charge is 2.44. The molecule has 1 fully saturated rings. The molecule has 1 saturated heterocycles. The fraction of sp³-hybridized carbons (Fsp3) is 0.360. The van der Waals surface area contributed by atoms with E-state index in [0.29, 0.717) is 17.2 Å². The van der Waals surface area contributed by atoms with Gasteiger partial charge in [-0.3, -0.25) is 10.2 Å². The highest BCUT2D eigenvalue weighted by Crippen LogP contribution is 2.36. The van der Waals surface area contributed by atoms with Gasteiger partial charge in [0.1, 0.15) is 17.7 Å². The van der Waals surface area contributed by atoms with Gasteiger partial charge < -0.3 is 24.7 Å². The summed E-state index contributed by atoms with van der Waals surface area (Å²) in [7, 11) is 3.15. The van der Waals surface area contributed by atoms with Crippen LogP contribution in [-0.2, 0) is 4.79 Å². The monoisotopic (exact) mass is 494 g/mol. The van der Waals surface area contributed by atoms with Crippen molar-refractivity contribution in [3.8, 4) is 11.5 Å². The third-order valence-electron chi connectivity index (χ3n) is 6.53. The molecule has 0 saturated carbocycles. The summed E-state index contributed by atoms with van der Waals surface area (Å²) in [4.78, 5) is 14.8. The van der Waals surface area contributed by atoms with Crippen molar-refractivity contribution < 1.29 is 14.3 Å². The van der Waals surface area contributed by atoms with Gasteiger partial charge in [0.05, 0.1) is 37.7 Å². The lowest BCUT2D eigenvalue weighted by Gasteiger charge is -2.36. The number of carbonyl (C=O) groups is 1. The van der Waals surface area contributed by atoms with Crippen LogP contribution < -0.4 is 25.6 Å². The van der Waals surface area contributed by atoms with Crippen LogP contribution in [0.3, 0.4) is 0 Å². The Kier molecular flexibility index (Phi) is 6.48. The number of hydrazone groups is 1. The predicted molar refractivity (Wildman–Crippen MR) is 138 cm³/mol.